The van der Waals surface area contributed by atoms with Crippen LogP contribution >= 0.6 is 23.2 Å². The molecule has 0 spiro atoms. The minimum absolute atomic E-state index is 0. The second kappa shape index (κ2) is 9.59. The number of halogens is 2. The molecule has 0 bridgehead atoms. The van der Waals surface area contributed by atoms with Crippen LogP contribution in [0.25, 0.3) is 0 Å². The fraction of sp³-hybridized carbons (Fsp3) is 0. The van der Waals surface area contributed by atoms with Crippen molar-refractivity contribution in [3.05, 3.63) is 57.6 Å². The number of hydrogen-bond donors (Lipinski definition) is 0. The molecule has 0 fully saturated rings. The Balaban J connectivity index is 0.000000403. The van der Waals surface area contributed by atoms with E-state index in [1.54, 1.807) is 0 Å². The van der Waals surface area contributed by atoms with E-state index in [1.807, 2.05) is 0 Å². The van der Waals surface area contributed by atoms with Gasteiger partial charge >= 0.3 is 27.7 Å². The largest absolute Gasteiger partial charge is 2.00 e. The van der Waals surface area contributed by atoms with Gasteiger partial charge < -0.3 is 19.8 Å². The Bertz CT molecular complexity index is 624. The second-order valence-corrected chi connectivity index (χ2v) is 4.66. The van der Waals surface area contributed by atoms with Crippen LogP contribution in [0.5, 0.6) is 0 Å². The van der Waals surface area contributed by atoms with Crippen LogP contribution < -0.4 is 21.7 Å². The molecule has 2 aromatic rings. The van der Waals surface area contributed by atoms with E-state index in [1.165, 1.54) is 36.4 Å². The summed E-state index contributed by atoms with van der Waals surface area (Å²) in [4.78, 5) is 20.6. The van der Waals surface area contributed by atoms with Gasteiger partial charge in [-0.2, -0.15) is 0 Å². The van der Waals surface area contributed by atoms with Gasteiger partial charge in [-0.1, -0.05) is 35.3 Å². The van der Waals surface area contributed by atoms with Gasteiger partial charge in [0.15, 0.2) is 0 Å². The van der Waals surface area contributed by atoms with Gasteiger partial charge in [0.1, 0.15) is 0 Å². The Morgan fingerprint density at radius 1 is 0.783 bits per heavy atom. The molecule has 2 aromatic carbocycles. The maximum atomic E-state index is 10.3. The Labute approximate surface area is 162 Å². The van der Waals surface area contributed by atoms with Crippen LogP contribution in [-0.2, 0) is 27.7 Å². The monoisotopic (exact) mass is 538 g/mol. The second-order valence-electron chi connectivity index (χ2n) is 3.84. The van der Waals surface area contributed by atoms with Crippen LogP contribution in [0.3, 0.4) is 0 Å². The number of aromatic carboxylic acids is 2. The molecule has 0 aromatic heterocycles. The molecule has 0 unspecified atom stereocenters. The number of rotatable bonds is 2. The molecular formula is C14H6Cl2HgN2O4. The van der Waals surface area contributed by atoms with Gasteiger partial charge in [-0.3, -0.25) is 0 Å². The smallest absolute Gasteiger partial charge is 0.545 e. The quantitative estimate of drug-likeness (QED) is 0.526. The zero-order valence-electron chi connectivity index (χ0n) is 11.5. The van der Waals surface area contributed by atoms with Crippen molar-refractivity contribution in [2.24, 2.45) is 0 Å². The number of hydrogen-bond acceptors (Lipinski definition) is 4. The van der Waals surface area contributed by atoms with Crippen LogP contribution in [0.15, 0.2) is 36.4 Å². The summed E-state index contributed by atoms with van der Waals surface area (Å²) in [5.41, 5.74) is 16.4. The van der Waals surface area contributed by atoms with Gasteiger partial charge in [0, 0.05) is 11.1 Å². The van der Waals surface area contributed by atoms with Crippen LogP contribution in [0.1, 0.15) is 20.7 Å². The average molecular weight is 538 g/mol. The molecule has 4 radical (unpaired) electrons. The van der Waals surface area contributed by atoms with E-state index < -0.39 is 11.9 Å². The molecule has 0 saturated carbocycles. The molecule has 0 heterocycles. The Hall–Kier alpha value is -1.50. The zero-order valence-corrected chi connectivity index (χ0v) is 18.5. The van der Waals surface area contributed by atoms with Gasteiger partial charge in [-0.05, 0) is 24.3 Å². The van der Waals surface area contributed by atoms with E-state index in [4.69, 9.17) is 34.7 Å². The van der Waals surface area contributed by atoms with Crippen LogP contribution in [0, 0.1) is 0 Å². The third kappa shape index (κ3) is 5.89. The van der Waals surface area contributed by atoms with Crippen molar-refractivity contribution in [3.8, 4) is 0 Å². The predicted octanol–water partition coefficient (Wildman–Crippen LogP) is 0.805. The molecule has 0 aliphatic heterocycles. The summed E-state index contributed by atoms with van der Waals surface area (Å²) in [6, 6.07) is 8.10. The van der Waals surface area contributed by atoms with E-state index in [-0.39, 0.29) is 60.2 Å². The molecule has 23 heavy (non-hydrogen) atoms. The summed E-state index contributed by atoms with van der Waals surface area (Å²) >= 11 is 10.9. The molecule has 0 aliphatic carbocycles. The summed E-state index contributed by atoms with van der Waals surface area (Å²) < 4.78 is 0. The first-order valence-electron chi connectivity index (χ1n) is 5.63. The minimum atomic E-state index is -1.48. The van der Waals surface area contributed by atoms with Crippen LogP contribution in [0.2, 0.25) is 10.0 Å². The van der Waals surface area contributed by atoms with Gasteiger partial charge in [-0.25, -0.2) is 0 Å². The SMILES string of the molecule is [Hg+2].[N]c1cccc(Cl)c1C(=O)[O-].[N]c1cccc(Cl)c1C(=O)[O-]. The number of benzene rings is 2. The number of carboxylic acid groups (broad SMARTS) is 2. The Morgan fingerprint density at radius 3 is 1.26 bits per heavy atom. The summed E-state index contributed by atoms with van der Waals surface area (Å²) in [5.74, 6) is -2.96. The molecular weight excluding hydrogens is 532 g/mol. The first-order valence-corrected chi connectivity index (χ1v) is 6.39. The Kier molecular flexibility index (Phi) is 8.97. The van der Waals surface area contributed by atoms with Crippen molar-refractivity contribution in [2.75, 3.05) is 0 Å². The van der Waals surface area contributed by atoms with Gasteiger partial charge in [0.2, 0.25) is 0 Å². The minimum Gasteiger partial charge on any atom is -0.545 e. The molecule has 0 amide bonds. The molecule has 112 valence electrons. The zero-order chi connectivity index (χ0) is 16.9. The van der Waals surface area contributed by atoms with Gasteiger partial charge in [0.05, 0.1) is 33.4 Å². The van der Waals surface area contributed by atoms with Crippen molar-refractivity contribution < 1.29 is 47.5 Å². The van der Waals surface area contributed by atoms with Crippen molar-refractivity contribution >= 4 is 46.5 Å². The molecule has 0 N–H and O–H groups in total. The normalized spacial score (nSPS) is 9.13. The standard InChI is InChI=1S/2C7H4ClNO2.Hg/c2*8-4-2-1-3-5(9)6(4)7(10)11;/h2*1-3H,(H,10,11);/q;;+2/p-2. The molecule has 0 aliphatic rings. The third-order valence-corrected chi connectivity index (χ3v) is 3.02. The molecule has 6 nitrogen and oxygen atoms in total. The number of carboxylic acids is 2. The van der Waals surface area contributed by atoms with E-state index in [0.29, 0.717) is 0 Å². The van der Waals surface area contributed by atoms with Gasteiger partial charge in [0.25, 0.3) is 0 Å². The maximum absolute atomic E-state index is 10.3. The van der Waals surface area contributed by atoms with Crippen LogP contribution in [0.4, 0.5) is 11.4 Å². The van der Waals surface area contributed by atoms with Gasteiger partial charge in [-0.15, -0.1) is 11.5 Å². The van der Waals surface area contributed by atoms with Crippen molar-refractivity contribution in [2.45, 2.75) is 0 Å². The summed E-state index contributed by atoms with van der Waals surface area (Å²) in [6.07, 6.45) is 0. The van der Waals surface area contributed by atoms with Crippen molar-refractivity contribution in [1.29, 1.82) is 0 Å². The molecule has 2 rings (SSSR count). The van der Waals surface area contributed by atoms with Crippen molar-refractivity contribution in [1.82, 2.24) is 11.5 Å². The molecule has 9 heteroatoms. The number of carbonyl (C=O) groups excluding carboxylic acids is 2. The summed E-state index contributed by atoms with van der Waals surface area (Å²) in [5, 5.41) is 20.5. The first kappa shape index (κ1) is 21.5. The summed E-state index contributed by atoms with van der Waals surface area (Å²) in [6.45, 7) is 0. The van der Waals surface area contributed by atoms with E-state index in [2.05, 4.69) is 0 Å². The third-order valence-electron chi connectivity index (χ3n) is 2.39. The number of carbonyl (C=O) groups is 2. The maximum Gasteiger partial charge on any atom is 2.00 e. The van der Waals surface area contributed by atoms with Crippen molar-refractivity contribution in [3.63, 3.8) is 0 Å². The summed E-state index contributed by atoms with van der Waals surface area (Å²) in [7, 11) is 0. The fourth-order valence-electron chi connectivity index (χ4n) is 1.43. The molecule has 0 atom stereocenters. The van der Waals surface area contributed by atoms with E-state index >= 15 is 0 Å². The molecule has 0 saturated heterocycles. The number of nitrogens with zero attached hydrogens (tertiary/aromatic N) is 2. The van der Waals surface area contributed by atoms with E-state index in [9.17, 15) is 19.8 Å². The average Bonchev–Trinajstić information content (AvgIpc) is 2.38. The topological polar surface area (TPSA) is 125 Å². The van der Waals surface area contributed by atoms with E-state index in [0.717, 1.165) is 0 Å². The predicted molar refractivity (Wildman–Crippen MR) is 75.2 cm³/mol. The Morgan fingerprint density at radius 2 is 1.09 bits per heavy atom. The fourth-order valence-corrected chi connectivity index (χ4v) is 1.92. The first-order chi connectivity index (χ1) is 10.3. The van der Waals surface area contributed by atoms with Crippen LogP contribution in [-0.4, -0.2) is 11.9 Å².